The van der Waals surface area contributed by atoms with E-state index >= 15 is 0 Å². The summed E-state index contributed by atoms with van der Waals surface area (Å²) in [5.41, 5.74) is 1.92. The minimum Gasteiger partial charge on any atom is -0.431 e. The zero-order valence-corrected chi connectivity index (χ0v) is 15.7. The van der Waals surface area contributed by atoms with Gasteiger partial charge in [-0.1, -0.05) is 65.1 Å². The Morgan fingerprint density at radius 3 is 2.44 bits per heavy atom. The Morgan fingerprint density at radius 1 is 1.08 bits per heavy atom. The van der Waals surface area contributed by atoms with E-state index in [1.165, 1.54) is 0 Å². The van der Waals surface area contributed by atoms with Crippen molar-refractivity contribution in [1.29, 1.82) is 0 Å². The molecule has 2 N–H and O–H groups in total. The highest BCUT2D eigenvalue weighted by Gasteiger charge is 2.36. The van der Waals surface area contributed by atoms with Crippen molar-refractivity contribution in [3.8, 4) is 0 Å². The molecule has 0 aliphatic heterocycles. The summed E-state index contributed by atoms with van der Waals surface area (Å²) in [6.45, 7) is 0. The van der Waals surface area contributed by atoms with Crippen LogP contribution in [0.25, 0.3) is 11.1 Å². The van der Waals surface area contributed by atoms with Gasteiger partial charge < -0.3 is 15.1 Å². The van der Waals surface area contributed by atoms with Gasteiger partial charge >= 0.3 is 6.03 Å². The number of nitrogens with one attached hydrogen (secondary N) is 2. The topological polar surface area (TPSA) is 67.2 Å². The summed E-state index contributed by atoms with van der Waals surface area (Å²) in [5, 5.41) is 4.66. The first kappa shape index (κ1) is 18.2. The monoisotopic (exact) mass is 415 g/mol. The van der Waals surface area contributed by atoms with Gasteiger partial charge in [0.05, 0.1) is 0 Å². The molecular weight excluding hydrogens is 405 g/mol. The minimum atomic E-state index is -1.76. The van der Waals surface area contributed by atoms with E-state index in [0.29, 0.717) is 16.8 Å². The van der Waals surface area contributed by atoms with Crippen molar-refractivity contribution < 1.29 is 9.21 Å². The highest BCUT2D eigenvalue weighted by Crippen LogP contribution is 2.39. The predicted octanol–water partition coefficient (Wildman–Crippen LogP) is 5.44. The number of alkyl halides is 3. The van der Waals surface area contributed by atoms with Crippen LogP contribution in [0.15, 0.2) is 64.2 Å². The fourth-order valence-corrected chi connectivity index (χ4v) is 3.34. The first-order chi connectivity index (χ1) is 11.9. The average molecular weight is 417 g/mol. The molecule has 1 aromatic heterocycles. The number of halogens is 3. The quantitative estimate of drug-likeness (QED) is 0.338. The van der Waals surface area contributed by atoms with Gasteiger partial charge in [0.25, 0.3) is 5.22 Å². The number of oxazole rings is 1. The molecule has 0 bridgehead atoms. The molecule has 0 saturated heterocycles. The number of carbonyl (C=O) groups excluding carboxylic acids is 1. The van der Waals surface area contributed by atoms with Gasteiger partial charge in [-0.25, -0.2) is 9.78 Å². The number of hydrogen-bond acceptors (Lipinski definition) is 4. The van der Waals surface area contributed by atoms with Crippen molar-refractivity contribution in [2.75, 3.05) is 5.32 Å². The third-order valence-corrected chi connectivity index (χ3v) is 5.21. The van der Waals surface area contributed by atoms with Gasteiger partial charge in [-0.3, -0.25) is 0 Å². The van der Waals surface area contributed by atoms with Crippen molar-refractivity contribution in [2.45, 2.75) is 14.4 Å². The molecule has 3 aromatic rings. The fraction of sp³-hybridized carbons (Fsp3) is 0.125. The number of anilines is 1. The smallest absolute Gasteiger partial charge is 0.320 e. The second kappa shape index (κ2) is 7.74. The van der Waals surface area contributed by atoms with Crippen LogP contribution in [0.1, 0.15) is 0 Å². The molecule has 2 amide bonds. The zero-order chi connectivity index (χ0) is 17.9. The van der Waals surface area contributed by atoms with Crippen LogP contribution >= 0.6 is 46.6 Å². The summed E-state index contributed by atoms with van der Waals surface area (Å²) in [7, 11) is 0. The third kappa shape index (κ3) is 4.95. The number of rotatable bonds is 4. The summed E-state index contributed by atoms with van der Waals surface area (Å²) in [6, 6.07) is 15.7. The van der Waals surface area contributed by atoms with Gasteiger partial charge in [0.1, 0.15) is 10.9 Å². The second-order valence-electron chi connectivity index (χ2n) is 4.95. The molecule has 3 rings (SSSR count). The average Bonchev–Trinajstić information content (AvgIpc) is 2.96. The van der Waals surface area contributed by atoms with Gasteiger partial charge in [-0.05, 0) is 36.0 Å². The molecule has 0 spiro atoms. The highest BCUT2D eigenvalue weighted by atomic mass is 35.6. The summed E-state index contributed by atoms with van der Waals surface area (Å²) in [5.74, 6) is 0. The van der Waals surface area contributed by atoms with Gasteiger partial charge in [0.2, 0.25) is 3.79 Å². The van der Waals surface area contributed by atoms with E-state index in [-0.39, 0.29) is 5.22 Å². The largest absolute Gasteiger partial charge is 0.431 e. The second-order valence-corrected chi connectivity index (χ2v) is 8.38. The van der Waals surface area contributed by atoms with Crippen molar-refractivity contribution >= 4 is 69.4 Å². The Hall–Kier alpha value is -1.60. The van der Waals surface area contributed by atoms with E-state index in [1.54, 1.807) is 30.3 Å². The van der Waals surface area contributed by atoms with Gasteiger partial charge in [0.15, 0.2) is 5.58 Å². The Morgan fingerprint density at radius 2 is 1.76 bits per heavy atom. The highest BCUT2D eigenvalue weighted by molar-refractivity contribution is 8.00. The molecule has 1 heterocycles. The molecule has 0 unspecified atom stereocenters. The number of hydrogen-bond donors (Lipinski definition) is 2. The molecule has 130 valence electrons. The first-order valence-electron chi connectivity index (χ1n) is 7.13. The van der Waals surface area contributed by atoms with Crippen LogP contribution < -0.4 is 10.6 Å². The van der Waals surface area contributed by atoms with Crippen LogP contribution in [0.4, 0.5) is 10.5 Å². The SMILES string of the molecule is O=C(Nc1ccccc1)N[C@H](Sc1nc2ccccc2o1)C(Cl)(Cl)Cl. The first-order valence-corrected chi connectivity index (χ1v) is 9.15. The van der Waals surface area contributed by atoms with Crippen molar-refractivity contribution in [1.82, 2.24) is 10.3 Å². The van der Waals surface area contributed by atoms with E-state index in [9.17, 15) is 4.79 Å². The van der Waals surface area contributed by atoms with Crippen LogP contribution in [-0.2, 0) is 0 Å². The number of para-hydroxylation sites is 3. The lowest BCUT2D eigenvalue weighted by Crippen LogP contribution is -2.43. The van der Waals surface area contributed by atoms with Gasteiger partial charge in [-0.2, -0.15) is 0 Å². The number of aromatic nitrogens is 1. The lowest BCUT2D eigenvalue weighted by atomic mass is 10.3. The van der Waals surface area contributed by atoms with Crippen LogP contribution in [-0.4, -0.2) is 20.2 Å². The van der Waals surface area contributed by atoms with Crippen LogP contribution in [0.2, 0.25) is 0 Å². The van der Waals surface area contributed by atoms with Gasteiger partial charge in [0, 0.05) is 5.69 Å². The molecule has 0 aliphatic rings. The molecule has 9 heteroatoms. The number of benzene rings is 2. The Labute approximate surface area is 163 Å². The standard InChI is InChI=1S/C16H12Cl3N3O2S/c17-16(18,19)13(22-14(23)20-10-6-2-1-3-7-10)25-15-21-11-8-4-5-9-12(11)24-15/h1-9,13H,(H2,20,22,23)/t13-/m1/s1. The lowest BCUT2D eigenvalue weighted by Gasteiger charge is -2.23. The van der Waals surface area contributed by atoms with Gasteiger partial charge in [-0.15, -0.1) is 0 Å². The Kier molecular flexibility index (Phi) is 5.64. The van der Waals surface area contributed by atoms with Crippen molar-refractivity contribution in [3.63, 3.8) is 0 Å². The number of nitrogens with zero attached hydrogens (tertiary/aromatic N) is 1. The molecule has 2 aromatic carbocycles. The number of carbonyl (C=O) groups is 1. The molecule has 1 atom stereocenters. The lowest BCUT2D eigenvalue weighted by molar-refractivity contribution is 0.251. The maximum absolute atomic E-state index is 12.2. The van der Waals surface area contributed by atoms with Crippen LogP contribution in [0.3, 0.4) is 0 Å². The molecule has 5 nitrogen and oxygen atoms in total. The van der Waals surface area contributed by atoms with Crippen molar-refractivity contribution in [2.24, 2.45) is 0 Å². The summed E-state index contributed by atoms with van der Waals surface area (Å²) >= 11 is 19.0. The van der Waals surface area contributed by atoms with E-state index in [0.717, 1.165) is 11.8 Å². The molecular formula is C16H12Cl3N3O2S. The molecule has 0 saturated carbocycles. The van der Waals surface area contributed by atoms with Crippen LogP contribution in [0, 0.1) is 0 Å². The minimum absolute atomic E-state index is 0.289. The molecule has 0 aliphatic carbocycles. The van der Waals surface area contributed by atoms with E-state index in [4.69, 9.17) is 39.2 Å². The number of fused-ring (bicyclic) bond motifs is 1. The summed E-state index contributed by atoms with van der Waals surface area (Å²) < 4.78 is 3.83. The van der Waals surface area contributed by atoms with E-state index in [1.807, 2.05) is 24.3 Å². The number of amides is 2. The maximum Gasteiger partial charge on any atom is 0.320 e. The summed E-state index contributed by atoms with van der Waals surface area (Å²) in [6.07, 6.45) is 0. The fourth-order valence-electron chi connectivity index (χ4n) is 1.99. The normalized spacial score (nSPS) is 12.8. The summed E-state index contributed by atoms with van der Waals surface area (Å²) in [4.78, 5) is 16.5. The number of thioether (sulfide) groups is 1. The predicted molar refractivity (Wildman–Crippen MR) is 103 cm³/mol. The maximum atomic E-state index is 12.2. The molecule has 0 fully saturated rings. The van der Waals surface area contributed by atoms with Crippen LogP contribution in [0.5, 0.6) is 0 Å². The van der Waals surface area contributed by atoms with E-state index in [2.05, 4.69) is 15.6 Å². The number of urea groups is 1. The third-order valence-electron chi connectivity index (χ3n) is 3.08. The Bertz CT molecular complexity index is 835. The van der Waals surface area contributed by atoms with Crippen molar-refractivity contribution in [3.05, 3.63) is 54.6 Å². The molecule has 0 radical (unpaired) electrons. The zero-order valence-electron chi connectivity index (χ0n) is 12.6. The molecule has 25 heavy (non-hydrogen) atoms. The van der Waals surface area contributed by atoms with E-state index < -0.39 is 15.2 Å². The Balaban J connectivity index is 1.72.